The molecule has 0 aromatic heterocycles. The van der Waals surface area contributed by atoms with Crippen LogP contribution in [0.25, 0.3) is 0 Å². The third kappa shape index (κ3) is 5.61. The van der Waals surface area contributed by atoms with E-state index in [9.17, 15) is 4.79 Å². The number of amides is 1. The Morgan fingerprint density at radius 2 is 2.16 bits per heavy atom. The number of nitrogens with one attached hydrogen (secondary N) is 1. The molecule has 0 saturated heterocycles. The Morgan fingerprint density at radius 1 is 1.42 bits per heavy atom. The number of carbonyl (C=O) groups is 1. The molecule has 5 heteroatoms. The first-order valence-electron chi connectivity index (χ1n) is 6.24. The van der Waals surface area contributed by atoms with Crippen molar-refractivity contribution in [2.24, 2.45) is 5.92 Å². The van der Waals surface area contributed by atoms with Crippen LogP contribution in [0, 0.1) is 5.92 Å². The molecular formula is C14H20BrNO3. The van der Waals surface area contributed by atoms with Crippen molar-refractivity contribution >= 4 is 21.8 Å². The summed E-state index contributed by atoms with van der Waals surface area (Å²) in [7, 11) is 1.59. The van der Waals surface area contributed by atoms with E-state index in [1.54, 1.807) is 25.3 Å². The maximum Gasteiger partial charge on any atom is 0.251 e. The molecule has 0 radical (unpaired) electrons. The molecule has 4 nitrogen and oxygen atoms in total. The first-order chi connectivity index (χ1) is 9.04. The van der Waals surface area contributed by atoms with Gasteiger partial charge in [-0.3, -0.25) is 4.79 Å². The zero-order valence-corrected chi connectivity index (χ0v) is 13.1. The van der Waals surface area contributed by atoms with Crippen molar-refractivity contribution in [2.45, 2.75) is 13.8 Å². The van der Waals surface area contributed by atoms with Crippen LogP contribution in [0.3, 0.4) is 0 Å². The van der Waals surface area contributed by atoms with Gasteiger partial charge in [0.2, 0.25) is 0 Å². The fraction of sp³-hybridized carbons (Fsp3) is 0.500. The van der Waals surface area contributed by atoms with Crippen molar-refractivity contribution in [3.63, 3.8) is 0 Å². The fourth-order valence-corrected chi connectivity index (χ4v) is 2.01. The van der Waals surface area contributed by atoms with Crippen molar-refractivity contribution in [3.8, 4) is 5.75 Å². The molecule has 1 rings (SSSR count). The average molecular weight is 330 g/mol. The van der Waals surface area contributed by atoms with Crippen LogP contribution >= 0.6 is 15.9 Å². The summed E-state index contributed by atoms with van der Waals surface area (Å²) < 4.78 is 11.3. The van der Waals surface area contributed by atoms with Gasteiger partial charge < -0.3 is 14.8 Å². The molecule has 19 heavy (non-hydrogen) atoms. The van der Waals surface area contributed by atoms with E-state index in [2.05, 4.69) is 35.1 Å². The molecule has 0 bridgehead atoms. The Labute approximate surface area is 122 Å². The molecule has 0 spiro atoms. The van der Waals surface area contributed by atoms with E-state index in [0.29, 0.717) is 37.0 Å². The summed E-state index contributed by atoms with van der Waals surface area (Å²) >= 11 is 3.35. The highest BCUT2D eigenvalue weighted by Gasteiger charge is 2.08. The lowest BCUT2D eigenvalue weighted by atomic mass is 10.2. The number of carbonyl (C=O) groups excluding carboxylic acids is 1. The first kappa shape index (κ1) is 16.0. The topological polar surface area (TPSA) is 47.6 Å². The van der Waals surface area contributed by atoms with Crippen molar-refractivity contribution in [2.75, 3.05) is 26.9 Å². The molecular weight excluding hydrogens is 310 g/mol. The van der Waals surface area contributed by atoms with Crippen LogP contribution in [-0.4, -0.2) is 32.8 Å². The molecule has 0 aliphatic rings. The minimum Gasteiger partial charge on any atom is -0.496 e. The smallest absolute Gasteiger partial charge is 0.251 e. The van der Waals surface area contributed by atoms with Gasteiger partial charge in [0.05, 0.1) is 18.2 Å². The Bertz CT molecular complexity index is 421. The summed E-state index contributed by atoms with van der Waals surface area (Å²) in [6.45, 7) is 5.93. The average Bonchev–Trinajstić information content (AvgIpc) is 2.37. The largest absolute Gasteiger partial charge is 0.496 e. The van der Waals surface area contributed by atoms with Gasteiger partial charge in [-0.1, -0.05) is 13.8 Å². The minimum absolute atomic E-state index is 0.114. The summed E-state index contributed by atoms with van der Waals surface area (Å²) in [6.07, 6.45) is 0. The highest BCUT2D eigenvalue weighted by molar-refractivity contribution is 9.10. The SMILES string of the molecule is COc1ccc(C(=O)NCCOCC(C)C)cc1Br. The molecule has 1 aromatic rings. The molecule has 0 heterocycles. The second kappa shape index (κ2) is 8.17. The molecule has 0 atom stereocenters. The quantitative estimate of drug-likeness (QED) is 0.782. The number of rotatable bonds is 7. The maximum absolute atomic E-state index is 11.9. The van der Waals surface area contributed by atoms with Gasteiger partial charge >= 0.3 is 0 Å². The van der Waals surface area contributed by atoms with Gasteiger partial charge in [0.15, 0.2) is 0 Å². The minimum atomic E-state index is -0.114. The van der Waals surface area contributed by atoms with Gasteiger partial charge in [-0.25, -0.2) is 0 Å². The Balaban J connectivity index is 2.39. The lowest BCUT2D eigenvalue weighted by Gasteiger charge is -2.09. The number of hydrogen-bond donors (Lipinski definition) is 1. The van der Waals surface area contributed by atoms with Gasteiger partial charge in [0.25, 0.3) is 5.91 Å². The van der Waals surface area contributed by atoms with E-state index in [1.165, 1.54) is 0 Å². The van der Waals surface area contributed by atoms with E-state index in [1.807, 2.05) is 0 Å². The van der Waals surface area contributed by atoms with Crippen LogP contribution in [0.2, 0.25) is 0 Å². The highest BCUT2D eigenvalue weighted by atomic mass is 79.9. The van der Waals surface area contributed by atoms with Gasteiger partial charge in [-0.2, -0.15) is 0 Å². The van der Waals surface area contributed by atoms with Crippen LogP contribution < -0.4 is 10.1 Å². The second-order valence-corrected chi connectivity index (χ2v) is 5.43. The van der Waals surface area contributed by atoms with Crippen LogP contribution in [0.5, 0.6) is 5.75 Å². The van der Waals surface area contributed by atoms with Gasteiger partial charge in [-0.15, -0.1) is 0 Å². The fourth-order valence-electron chi connectivity index (χ4n) is 1.47. The van der Waals surface area contributed by atoms with Gasteiger partial charge in [-0.05, 0) is 40.0 Å². The van der Waals surface area contributed by atoms with Crippen molar-refractivity contribution in [1.29, 1.82) is 0 Å². The third-order valence-electron chi connectivity index (χ3n) is 2.40. The predicted molar refractivity (Wildman–Crippen MR) is 78.7 cm³/mol. The number of halogens is 1. The summed E-state index contributed by atoms with van der Waals surface area (Å²) in [5, 5.41) is 2.81. The van der Waals surface area contributed by atoms with Crippen LogP contribution in [0.1, 0.15) is 24.2 Å². The van der Waals surface area contributed by atoms with Crippen molar-refractivity contribution in [3.05, 3.63) is 28.2 Å². The maximum atomic E-state index is 11.9. The Kier molecular flexibility index (Phi) is 6.87. The molecule has 1 amide bonds. The lowest BCUT2D eigenvalue weighted by molar-refractivity contribution is 0.0886. The molecule has 0 saturated carbocycles. The number of hydrogen-bond acceptors (Lipinski definition) is 3. The zero-order valence-electron chi connectivity index (χ0n) is 11.5. The van der Waals surface area contributed by atoms with E-state index < -0.39 is 0 Å². The lowest BCUT2D eigenvalue weighted by Crippen LogP contribution is -2.27. The van der Waals surface area contributed by atoms with E-state index in [0.717, 1.165) is 4.47 Å². The number of ether oxygens (including phenoxy) is 2. The summed E-state index contributed by atoms with van der Waals surface area (Å²) in [4.78, 5) is 11.9. The van der Waals surface area contributed by atoms with Crippen molar-refractivity contribution in [1.82, 2.24) is 5.32 Å². The predicted octanol–water partition coefficient (Wildman–Crippen LogP) is 2.86. The summed E-state index contributed by atoms with van der Waals surface area (Å²) in [5.74, 6) is 1.10. The highest BCUT2D eigenvalue weighted by Crippen LogP contribution is 2.25. The third-order valence-corrected chi connectivity index (χ3v) is 3.02. The van der Waals surface area contributed by atoms with Gasteiger partial charge in [0.1, 0.15) is 5.75 Å². The van der Waals surface area contributed by atoms with E-state index in [-0.39, 0.29) is 5.91 Å². The summed E-state index contributed by atoms with van der Waals surface area (Å²) in [5.41, 5.74) is 0.594. The molecule has 0 unspecified atom stereocenters. The molecule has 0 aliphatic carbocycles. The van der Waals surface area contributed by atoms with Crippen molar-refractivity contribution < 1.29 is 14.3 Å². The normalized spacial score (nSPS) is 10.6. The van der Waals surface area contributed by atoms with Crippen LogP contribution in [-0.2, 0) is 4.74 Å². The Morgan fingerprint density at radius 3 is 2.74 bits per heavy atom. The van der Waals surface area contributed by atoms with E-state index in [4.69, 9.17) is 9.47 Å². The molecule has 0 aliphatic heterocycles. The Hall–Kier alpha value is -1.07. The molecule has 106 valence electrons. The zero-order chi connectivity index (χ0) is 14.3. The second-order valence-electron chi connectivity index (χ2n) is 4.57. The summed E-state index contributed by atoms with van der Waals surface area (Å²) in [6, 6.07) is 5.23. The molecule has 1 N–H and O–H groups in total. The first-order valence-corrected chi connectivity index (χ1v) is 7.03. The molecule has 1 aromatic carbocycles. The monoisotopic (exact) mass is 329 g/mol. The van der Waals surface area contributed by atoms with Gasteiger partial charge in [0, 0.05) is 18.7 Å². The number of benzene rings is 1. The standard InChI is InChI=1S/C14H20BrNO3/c1-10(2)9-19-7-6-16-14(17)11-4-5-13(18-3)12(15)8-11/h4-5,8,10H,6-7,9H2,1-3H3,(H,16,17). The van der Waals surface area contributed by atoms with E-state index >= 15 is 0 Å². The van der Waals surface area contributed by atoms with Crippen LogP contribution in [0.15, 0.2) is 22.7 Å². The van der Waals surface area contributed by atoms with Crippen LogP contribution in [0.4, 0.5) is 0 Å². The number of methoxy groups -OCH3 is 1. The molecule has 0 fully saturated rings.